The second-order valence-corrected chi connectivity index (χ2v) is 10.3. The zero-order valence-electron chi connectivity index (χ0n) is 23.5. The Morgan fingerprint density at radius 1 is 0.846 bits per heavy atom. The van der Waals surface area contributed by atoms with E-state index < -0.39 is 17.7 Å². The molecule has 39 heavy (non-hydrogen) atoms. The summed E-state index contributed by atoms with van der Waals surface area (Å²) in [6.45, 7) is 13.2. The van der Waals surface area contributed by atoms with Gasteiger partial charge < -0.3 is 14.6 Å². The fraction of sp³-hybridized carbons (Fsp3) is 0.333. The van der Waals surface area contributed by atoms with Gasteiger partial charge in [0, 0.05) is 11.3 Å². The number of hydrogen-bond donors (Lipinski definition) is 1. The maximum atomic E-state index is 13.6. The number of carbonyl (C=O) groups is 2. The normalized spacial score (nSPS) is 16.8. The Morgan fingerprint density at radius 3 is 2.05 bits per heavy atom. The lowest BCUT2D eigenvalue weighted by atomic mass is 9.92. The Hall–Kier alpha value is -4.06. The number of amides is 1. The molecule has 0 spiro atoms. The highest BCUT2D eigenvalue weighted by molar-refractivity contribution is 6.51. The number of hydrogen-bond acceptors (Lipinski definition) is 5. The van der Waals surface area contributed by atoms with E-state index in [-0.39, 0.29) is 17.3 Å². The van der Waals surface area contributed by atoms with Gasteiger partial charge in [-0.05, 0) is 84.8 Å². The van der Waals surface area contributed by atoms with Crippen molar-refractivity contribution in [3.63, 3.8) is 0 Å². The highest BCUT2D eigenvalue weighted by Gasteiger charge is 2.47. The number of anilines is 1. The summed E-state index contributed by atoms with van der Waals surface area (Å²) in [4.78, 5) is 28.5. The molecule has 0 aliphatic carbocycles. The Morgan fingerprint density at radius 2 is 1.49 bits per heavy atom. The van der Waals surface area contributed by atoms with Crippen LogP contribution in [0.3, 0.4) is 0 Å². The molecular weight excluding hydrogens is 490 g/mol. The van der Waals surface area contributed by atoms with Crippen LogP contribution in [0.1, 0.15) is 81.7 Å². The molecule has 6 heteroatoms. The Bertz CT molecular complexity index is 1370. The van der Waals surface area contributed by atoms with Gasteiger partial charge in [0.2, 0.25) is 0 Å². The number of Topliss-reactive ketones (excluding diaryl/α,β-unsaturated/α-hetero) is 1. The molecule has 0 aromatic heterocycles. The van der Waals surface area contributed by atoms with Crippen molar-refractivity contribution in [2.24, 2.45) is 0 Å². The molecule has 1 amide bonds. The van der Waals surface area contributed by atoms with Gasteiger partial charge in [-0.15, -0.1) is 0 Å². The van der Waals surface area contributed by atoms with E-state index in [2.05, 4.69) is 13.8 Å². The maximum Gasteiger partial charge on any atom is 0.300 e. The van der Waals surface area contributed by atoms with Crippen LogP contribution in [0.5, 0.6) is 11.5 Å². The summed E-state index contributed by atoms with van der Waals surface area (Å²) in [6.07, 6.45) is 0. The van der Waals surface area contributed by atoms with Crippen LogP contribution in [0.15, 0.2) is 72.3 Å². The van der Waals surface area contributed by atoms with Gasteiger partial charge in [-0.1, -0.05) is 52.0 Å². The first-order chi connectivity index (χ1) is 18.7. The number of ketones is 1. The number of nitrogens with zero attached hydrogens (tertiary/aromatic N) is 1. The minimum atomic E-state index is -0.793. The Balaban J connectivity index is 1.89. The SMILES string of the molecule is CCOc1ccc(N2C(=O)C(=O)/C(=C(\O)c3ccc(OCC)c(C(C)C)c3)C2c2ccc(C(C)C)cc2)cc1. The van der Waals surface area contributed by atoms with E-state index in [0.29, 0.717) is 36.1 Å². The largest absolute Gasteiger partial charge is 0.507 e. The minimum absolute atomic E-state index is 0.0602. The lowest BCUT2D eigenvalue weighted by molar-refractivity contribution is -0.132. The molecule has 1 saturated heterocycles. The van der Waals surface area contributed by atoms with Gasteiger partial charge in [0.15, 0.2) is 0 Å². The van der Waals surface area contributed by atoms with Crippen LogP contribution in [-0.4, -0.2) is 30.0 Å². The topological polar surface area (TPSA) is 76.1 Å². The average Bonchev–Trinajstić information content (AvgIpc) is 3.19. The Labute approximate surface area is 230 Å². The summed E-state index contributed by atoms with van der Waals surface area (Å²) in [5, 5.41) is 11.6. The van der Waals surface area contributed by atoms with Gasteiger partial charge in [-0.3, -0.25) is 14.5 Å². The van der Waals surface area contributed by atoms with Crippen molar-refractivity contribution in [1.29, 1.82) is 0 Å². The van der Waals surface area contributed by atoms with Crippen molar-refractivity contribution in [3.8, 4) is 11.5 Å². The highest BCUT2D eigenvalue weighted by atomic mass is 16.5. The lowest BCUT2D eigenvalue weighted by Gasteiger charge is -2.26. The van der Waals surface area contributed by atoms with E-state index in [1.807, 2.05) is 64.1 Å². The fourth-order valence-corrected chi connectivity index (χ4v) is 4.94. The second kappa shape index (κ2) is 11.8. The first-order valence-electron chi connectivity index (χ1n) is 13.6. The molecule has 3 aromatic carbocycles. The Kier molecular flexibility index (Phi) is 8.44. The molecular formula is C33H37NO5. The predicted octanol–water partition coefficient (Wildman–Crippen LogP) is 7.36. The van der Waals surface area contributed by atoms with Gasteiger partial charge in [-0.25, -0.2) is 0 Å². The molecule has 3 aromatic rings. The van der Waals surface area contributed by atoms with Gasteiger partial charge in [0.25, 0.3) is 11.7 Å². The van der Waals surface area contributed by atoms with Crippen molar-refractivity contribution in [3.05, 3.63) is 94.6 Å². The van der Waals surface area contributed by atoms with E-state index in [4.69, 9.17) is 9.47 Å². The lowest BCUT2D eigenvalue weighted by Crippen LogP contribution is -2.29. The zero-order chi connectivity index (χ0) is 28.3. The quantitative estimate of drug-likeness (QED) is 0.179. The van der Waals surface area contributed by atoms with Crippen LogP contribution >= 0.6 is 0 Å². The third-order valence-electron chi connectivity index (χ3n) is 6.99. The highest BCUT2D eigenvalue weighted by Crippen LogP contribution is 2.43. The molecule has 1 aliphatic rings. The first-order valence-corrected chi connectivity index (χ1v) is 13.6. The summed E-state index contributed by atoms with van der Waals surface area (Å²) >= 11 is 0. The summed E-state index contributed by atoms with van der Waals surface area (Å²) in [5.41, 5.74) is 3.88. The third-order valence-corrected chi connectivity index (χ3v) is 6.99. The molecule has 1 aliphatic heterocycles. The molecule has 1 unspecified atom stereocenters. The molecule has 1 heterocycles. The van der Waals surface area contributed by atoms with E-state index >= 15 is 0 Å². The van der Waals surface area contributed by atoms with Crippen molar-refractivity contribution < 1.29 is 24.2 Å². The van der Waals surface area contributed by atoms with E-state index in [1.54, 1.807) is 30.3 Å². The number of ether oxygens (including phenoxy) is 2. The smallest absolute Gasteiger partial charge is 0.300 e. The van der Waals surface area contributed by atoms with Gasteiger partial charge in [-0.2, -0.15) is 0 Å². The first kappa shape index (κ1) is 28.0. The number of aliphatic hydroxyl groups is 1. The standard InChI is InChI=1S/C33H37NO5/c1-7-38-26-16-14-25(15-17-26)34-30(23-11-9-22(10-12-23)20(3)4)29(32(36)33(34)37)31(35)24-13-18-28(39-8-2)27(19-24)21(5)6/h9-21,30,35H,7-8H2,1-6H3/b31-29-. The molecule has 1 N–H and O–H groups in total. The van der Waals surface area contributed by atoms with Crippen molar-refractivity contribution in [2.75, 3.05) is 18.1 Å². The predicted molar refractivity (Wildman–Crippen MR) is 155 cm³/mol. The third kappa shape index (κ3) is 5.56. The van der Waals surface area contributed by atoms with Crippen LogP contribution in [0.25, 0.3) is 5.76 Å². The molecule has 0 bridgehead atoms. The number of carbonyl (C=O) groups excluding carboxylic acids is 2. The van der Waals surface area contributed by atoms with E-state index in [1.165, 1.54) is 4.90 Å². The summed E-state index contributed by atoms with van der Waals surface area (Å²) in [5.74, 6) is 0.253. The van der Waals surface area contributed by atoms with Crippen molar-refractivity contribution >= 4 is 23.1 Å². The number of rotatable bonds is 9. The maximum absolute atomic E-state index is 13.6. The second-order valence-electron chi connectivity index (χ2n) is 10.3. The zero-order valence-corrected chi connectivity index (χ0v) is 23.5. The van der Waals surface area contributed by atoms with Crippen LogP contribution < -0.4 is 14.4 Å². The monoisotopic (exact) mass is 527 g/mol. The van der Waals surface area contributed by atoms with Gasteiger partial charge in [0.1, 0.15) is 17.3 Å². The molecule has 1 atom stereocenters. The van der Waals surface area contributed by atoms with Crippen LogP contribution in [0.2, 0.25) is 0 Å². The summed E-state index contributed by atoms with van der Waals surface area (Å²) in [7, 11) is 0. The van der Waals surface area contributed by atoms with Gasteiger partial charge >= 0.3 is 0 Å². The molecule has 0 saturated carbocycles. The average molecular weight is 528 g/mol. The summed E-state index contributed by atoms with van der Waals surface area (Å²) in [6, 6.07) is 19.5. The molecule has 0 radical (unpaired) electrons. The number of aliphatic hydroxyl groups excluding tert-OH is 1. The molecule has 204 valence electrons. The van der Waals surface area contributed by atoms with Crippen LogP contribution in [0.4, 0.5) is 5.69 Å². The van der Waals surface area contributed by atoms with Crippen molar-refractivity contribution in [2.45, 2.75) is 59.4 Å². The molecule has 1 fully saturated rings. The molecule has 6 nitrogen and oxygen atoms in total. The number of benzene rings is 3. The van der Waals surface area contributed by atoms with Crippen LogP contribution in [-0.2, 0) is 9.59 Å². The fourth-order valence-electron chi connectivity index (χ4n) is 4.94. The van der Waals surface area contributed by atoms with Crippen LogP contribution in [0, 0.1) is 0 Å². The molecule has 4 rings (SSSR count). The summed E-state index contributed by atoms with van der Waals surface area (Å²) < 4.78 is 11.3. The minimum Gasteiger partial charge on any atom is -0.507 e. The van der Waals surface area contributed by atoms with Crippen molar-refractivity contribution in [1.82, 2.24) is 0 Å². The van der Waals surface area contributed by atoms with E-state index in [0.717, 1.165) is 22.4 Å². The van der Waals surface area contributed by atoms with Gasteiger partial charge in [0.05, 0.1) is 24.8 Å². The van der Waals surface area contributed by atoms with E-state index in [9.17, 15) is 14.7 Å².